The SMILES string of the molecule is CCn1cnnc1CCNc1nc(-c2cccnc2)nc2c1CCNC2. The first-order valence-electron chi connectivity index (χ1n) is 8.96. The van der Waals surface area contributed by atoms with Gasteiger partial charge in [-0.2, -0.15) is 0 Å². The van der Waals surface area contributed by atoms with Crippen LogP contribution in [0, 0.1) is 0 Å². The van der Waals surface area contributed by atoms with Gasteiger partial charge in [0.25, 0.3) is 0 Å². The van der Waals surface area contributed by atoms with Crippen LogP contribution in [-0.2, 0) is 25.9 Å². The van der Waals surface area contributed by atoms with Crippen molar-refractivity contribution < 1.29 is 0 Å². The van der Waals surface area contributed by atoms with E-state index in [0.717, 1.165) is 61.9 Å². The van der Waals surface area contributed by atoms with Crippen LogP contribution in [0.5, 0.6) is 0 Å². The van der Waals surface area contributed by atoms with E-state index in [9.17, 15) is 0 Å². The summed E-state index contributed by atoms with van der Waals surface area (Å²) in [4.78, 5) is 13.7. The molecule has 0 bridgehead atoms. The average molecular weight is 350 g/mol. The van der Waals surface area contributed by atoms with Gasteiger partial charge in [-0.1, -0.05) is 0 Å². The first kappa shape index (κ1) is 16.6. The Hall–Kier alpha value is -2.87. The molecule has 1 aliphatic heterocycles. The predicted octanol–water partition coefficient (Wildman–Crippen LogP) is 1.45. The van der Waals surface area contributed by atoms with Crippen LogP contribution in [0.15, 0.2) is 30.9 Å². The van der Waals surface area contributed by atoms with Gasteiger partial charge in [-0.3, -0.25) is 4.98 Å². The predicted molar refractivity (Wildman–Crippen MR) is 98.6 cm³/mol. The fraction of sp³-hybridized carbons (Fsp3) is 0.389. The molecule has 8 nitrogen and oxygen atoms in total. The highest BCUT2D eigenvalue weighted by Crippen LogP contribution is 2.24. The molecule has 0 atom stereocenters. The van der Waals surface area contributed by atoms with Crippen LogP contribution in [0.3, 0.4) is 0 Å². The minimum atomic E-state index is 0.708. The summed E-state index contributed by atoms with van der Waals surface area (Å²) in [7, 11) is 0. The van der Waals surface area contributed by atoms with Crippen LogP contribution in [0.1, 0.15) is 24.0 Å². The Morgan fingerprint density at radius 2 is 2.27 bits per heavy atom. The van der Waals surface area contributed by atoms with Gasteiger partial charge in [0.2, 0.25) is 0 Å². The fourth-order valence-electron chi connectivity index (χ4n) is 3.16. The molecule has 0 amide bonds. The Labute approximate surface area is 152 Å². The zero-order valence-electron chi connectivity index (χ0n) is 14.8. The number of nitrogens with zero attached hydrogens (tertiary/aromatic N) is 6. The molecule has 1 aliphatic rings. The van der Waals surface area contributed by atoms with Gasteiger partial charge in [0.15, 0.2) is 5.82 Å². The average Bonchev–Trinajstić information content (AvgIpc) is 3.16. The highest BCUT2D eigenvalue weighted by molar-refractivity contribution is 5.59. The molecule has 134 valence electrons. The largest absolute Gasteiger partial charge is 0.369 e. The molecular formula is C18H22N8. The van der Waals surface area contributed by atoms with E-state index < -0.39 is 0 Å². The third kappa shape index (κ3) is 3.41. The summed E-state index contributed by atoms with van der Waals surface area (Å²) >= 11 is 0. The van der Waals surface area contributed by atoms with Crippen molar-refractivity contribution in [1.82, 2.24) is 35.0 Å². The Morgan fingerprint density at radius 3 is 3.12 bits per heavy atom. The monoisotopic (exact) mass is 350 g/mol. The van der Waals surface area contributed by atoms with Crippen molar-refractivity contribution in [3.05, 3.63) is 47.9 Å². The summed E-state index contributed by atoms with van der Waals surface area (Å²) in [5, 5.41) is 15.1. The molecule has 0 aliphatic carbocycles. The number of anilines is 1. The summed E-state index contributed by atoms with van der Waals surface area (Å²) in [5.41, 5.74) is 3.19. The lowest BCUT2D eigenvalue weighted by Crippen LogP contribution is -2.27. The maximum Gasteiger partial charge on any atom is 0.163 e. The number of fused-ring (bicyclic) bond motifs is 1. The van der Waals surface area contributed by atoms with Crippen molar-refractivity contribution in [2.45, 2.75) is 32.9 Å². The van der Waals surface area contributed by atoms with Crippen molar-refractivity contribution >= 4 is 5.82 Å². The number of hydrogen-bond donors (Lipinski definition) is 2. The van der Waals surface area contributed by atoms with Crippen molar-refractivity contribution in [3.8, 4) is 11.4 Å². The van der Waals surface area contributed by atoms with Crippen LogP contribution >= 0.6 is 0 Å². The number of rotatable bonds is 6. The highest BCUT2D eigenvalue weighted by atomic mass is 15.3. The second-order valence-electron chi connectivity index (χ2n) is 6.20. The minimum Gasteiger partial charge on any atom is -0.369 e. The Balaban J connectivity index is 1.58. The lowest BCUT2D eigenvalue weighted by atomic mass is 10.1. The van der Waals surface area contributed by atoms with Gasteiger partial charge in [0.1, 0.15) is 18.0 Å². The summed E-state index contributed by atoms with van der Waals surface area (Å²) in [6.07, 6.45) is 7.05. The molecule has 0 radical (unpaired) electrons. The molecule has 0 saturated heterocycles. The Bertz CT molecular complexity index is 874. The number of pyridine rings is 1. The summed E-state index contributed by atoms with van der Waals surface area (Å²) in [6, 6.07) is 3.89. The second-order valence-corrected chi connectivity index (χ2v) is 6.20. The van der Waals surface area contributed by atoms with Crippen molar-refractivity contribution in [2.24, 2.45) is 0 Å². The zero-order valence-corrected chi connectivity index (χ0v) is 14.8. The molecule has 3 aromatic rings. The molecule has 3 aromatic heterocycles. The molecule has 4 heterocycles. The van der Waals surface area contributed by atoms with Gasteiger partial charge in [0.05, 0.1) is 5.69 Å². The molecule has 0 saturated carbocycles. The van der Waals surface area contributed by atoms with Crippen LogP contribution in [0.25, 0.3) is 11.4 Å². The lowest BCUT2D eigenvalue weighted by Gasteiger charge is -2.20. The highest BCUT2D eigenvalue weighted by Gasteiger charge is 2.18. The second kappa shape index (κ2) is 7.57. The van der Waals surface area contributed by atoms with Crippen LogP contribution in [0.4, 0.5) is 5.82 Å². The van der Waals surface area contributed by atoms with E-state index in [2.05, 4.69) is 37.3 Å². The van der Waals surface area contributed by atoms with Gasteiger partial charge in [-0.15, -0.1) is 10.2 Å². The van der Waals surface area contributed by atoms with E-state index >= 15 is 0 Å². The number of aromatic nitrogens is 6. The van der Waals surface area contributed by atoms with E-state index in [1.807, 2.05) is 12.1 Å². The Morgan fingerprint density at radius 1 is 1.31 bits per heavy atom. The third-order valence-corrected chi connectivity index (χ3v) is 4.53. The van der Waals surface area contributed by atoms with Gasteiger partial charge >= 0.3 is 0 Å². The standard InChI is InChI=1S/C18H22N8/c1-2-26-12-22-25-16(26)6-9-21-18-14-5-8-20-11-15(14)23-17(24-18)13-4-3-7-19-10-13/h3-4,7,10,12,20H,2,5-6,8-9,11H2,1H3,(H,21,23,24). The zero-order chi connectivity index (χ0) is 17.8. The van der Waals surface area contributed by atoms with Crippen molar-refractivity contribution in [3.63, 3.8) is 0 Å². The van der Waals surface area contributed by atoms with Gasteiger partial charge in [-0.05, 0) is 32.0 Å². The quantitative estimate of drug-likeness (QED) is 0.695. The Kier molecular flexibility index (Phi) is 4.83. The first-order valence-corrected chi connectivity index (χ1v) is 8.96. The molecule has 4 rings (SSSR count). The van der Waals surface area contributed by atoms with Gasteiger partial charge < -0.3 is 15.2 Å². The summed E-state index contributed by atoms with van der Waals surface area (Å²) in [5.74, 6) is 2.61. The maximum absolute atomic E-state index is 4.78. The molecule has 0 fully saturated rings. The maximum atomic E-state index is 4.78. The summed E-state index contributed by atoms with van der Waals surface area (Å²) < 4.78 is 2.06. The van der Waals surface area contributed by atoms with Crippen LogP contribution < -0.4 is 10.6 Å². The van der Waals surface area contributed by atoms with E-state index in [1.165, 1.54) is 5.56 Å². The van der Waals surface area contributed by atoms with Gasteiger partial charge in [-0.25, -0.2) is 9.97 Å². The van der Waals surface area contributed by atoms with E-state index in [-0.39, 0.29) is 0 Å². The molecule has 26 heavy (non-hydrogen) atoms. The molecular weight excluding hydrogens is 328 g/mol. The van der Waals surface area contributed by atoms with Crippen LogP contribution in [0.2, 0.25) is 0 Å². The fourth-order valence-corrected chi connectivity index (χ4v) is 3.16. The first-order chi connectivity index (χ1) is 12.8. The summed E-state index contributed by atoms with van der Waals surface area (Å²) in [6.45, 7) is 5.43. The molecule has 0 spiro atoms. The topological polar surface area (TPSA) is 93.4 Å². The van der Waals surface area contributed by atoms with E-state index in [0.29, 0.717) is 5.82 Å². The van der Waals surface area contributed by atoms with E-state index in [4.69, 9.17) is 9.97 Å². The number of nitrogens with one attached hydrogen (secondary N) is 2. The smallest absolute Gasteiger partial charge is 0.163 e. The van der Waals surface area contributed by atoms with E-state index in [1.54, 1.807) is 18.7 Å². The molecule has 2 N–H and O–H groups in total. The molecule has 0 unspecified atom stereocenters. The third-order valence-electron chi connectivity index (χ3n) is 4.53. The normalized spacial score (nSPS) is 13.4. The minimum absolute atomic E-state index is 0.708. The molecule has 8 heteroatoms. The number of hydrogen-bond acceptors (Lipinski definition) is 7. The van der Waals surface area contributed by atoms with Crippen molar-refractivity contribution in [1.29, 1.82) is 0 Å². The number of aryl methyl sites for hydroxylation is 1. The molecule has 0 aromatic carbocycles. The lowest BCUT2D eigenvalue weighted by molar-refractivity contribution is 0.624. The van der Waals surface area contributed by atoms with Crippen LogP contribution in [-0.4, -0.2) is 42.8 Å². The van der Waals surface area contributed by atoms with Gasteiger partial charge in [0, 0.05) is 49.6 Å². The van der Waals surface area contributed by atoms with Crippen molar-refractivity contribution in [2.75, 3.05) is 18.4 Å².